The summed E-state index contributed by atoms with van der Waals surface area (Å²) in [6.45, 7) is 1.46. The lowest BCUT2D eigenvalue weighted by atomic mass is 9.85. The van der Waals surface area contributed by atoms with Gasteiger partial charge in [-0.2, -0.15) is 0 Å². The van der Waals surface area contributed by atoms with Crippen LogP contribution in [0.15, 0.2) is 77.4 Å². The molecule has 0 saturated carbocycles. The lowest BCUT2D eigenvalue weighted by molar-refractivity contribution is 0.0769. The van der Waals surface area contributed by atoms with Gasteiger partial charge in [-0.3, -0.25) is 9.69 Å². The Kier molecular flexibility index (Phi) is 8.20. The molecular formula is C42H41N3O8. The molecule has 4 aromatic carbocycles. The largest absolute Gasteiger partial charge is 0.493 e. The van der Waals surface area contributed by atoms with Crippen LogP contribution >= 0.6 is 0 Å². The topological polar surface area (TPSA) is 95.3 Å². The van der Waals surface area contributed by atoms with Gasteiger partial charge in [0.25, 0.3) is 0 Å². The molecule has 6 heterocycles. The fourth-order valence-electron chi connectivity index (χ4n) is 8.45. The van der Waals surface area contributed by atoms with E-state index in [4.69, 9.17) is 32.8 Å². The van der Waals surface area contributed by atoms with Crippen molar-refractivity contribution in [1.29, 1.82) is 0 Å². The monoisotopic (exact) mass is 715 g/mol. The van der Waals surface area contributed by atoms with Gasteiger partial charge in [-0.1, -0.05) is 12.1 Å². The van der Waals surface area contributed by atoms with E-state index < -0.39 is 0 Å². The second kappa shape index (κ2) is 13.1. The Balaban J connectivity index is 1.31. The minimum Gasteiger partial charge on any atom is -0.493 e. The average molecular weight is 716 g/mol. The van der Waals surface area contributed by atoms with E-state index in [1.165, 1.54) is 23.0 Å². The van der Waals surface area contributed by atoms with Crippen LogP contribution in [0.4, 0.5) is 5.69 Å². The van der Waals surface area contributed by atoms with Crippen molar-refractivity contribution in [2.75, 3.05) is 53.6 Å². The highest BCUT2D eigenvalue weighted by molar-refractivity contribution is 6.04. The van der Waals surface area contributed by atoms with E-state index in [1.807, 2.05) is 30.3 Å². The average Bonchev–Trinajstić information content (AvgIpc) is 3.73. The number of likely N-dealkylation sites (N-methyl/N-ethyl adjacent to an activating group) is 1. The Hall–Kier alpha value is -5.65. The SMILES string of the molecule is COc1cc2c3cc1Oc1ccc(cc1)C[C@H]1c4cc(c(OC)cc4CCN1C)Oc1c(OC)c(OC)cc4c1[C@H](C3)N(CC4)N2C(=O)c1ccco1. The molecule has 5 aromatic rings. The molecule has 0 radical (unpaired) electrons. The molecule has 11 heteroatoms. The quantitative estimate of drug-likeness (QED) is 0.180. The van der Waals surface area contributed by atoms with Gasteiger partial charge in [0.2, 0.25) is 5.75 Å². The van der Waals surface area contributed by atoms with Crippen molar-refractivity contribution in [3.05, 3.63) is 112 Å². The zero-order valence-corrected chi connectivity index (χ0v) is 30.4. The molecule has 0 unspecified atom stereocenters. The summed E-state index contributed by atoms with van der Waals surface area (Å²) in [4.78, 5) is 16.9. The van der Waals surface area contributed by atoms with Gasteiger partial charge in [0.15, 0.2) is 40.3 Å². The van der Waals surface area contributed by atoms with Crippen LogP contribution in [-0.4, -0.2) is 64.4 Å². The van der Waals surface area contributed by atoms with Crippen LogP contribution in [0.25, 0.3) is 0 Å². The number of rotatable bonds is 5. The van der Waals surface area contributed by atoms with E-state index in [1.54, 1.807) is 45.6 Å². The molecule has 10 rings (SSSR count). The summed E-state index contributed by atoms with van der Waals surface area (Å²) in [5.74, 6) is 4.43. The molecule has 0 aliphatic carbocycles. The molecule has 0 saturated heterocycles. The minimum atomic E-state index is -0.345. The van der Waals surface area contributed by atoms with Gasteiger partial charge in [-0.25, -0.2) is 10.0 Å². The van der Waals surface area contributed by atoms with Crippen LogP contribution in [0.5, 0.6) is 46.0 Å². The third-order valence-electron chi connectivity index (χ3n) is 11.1. The predicted molar refractivity (Wildman–Crippen MR) is 197 cm³/mol. The summed E-state index contributed by atoms with van der Waals surface area (Å²) in [5.41, 5.74) is 7.12. The first-order valence-electron chi connectivity index (χ1n) is 17.9. The van der Waals surface area contributed by atoms with Crippen LogP contribution in [0, 0.1) is 0 Å². The van der Waals surface area contributed by atoms with Crippen LogP contribution in [0.3, 0.4) is 0 Å². The summed E-state index contributed by atoms with van der Waals surface area (Å²) in [6, 6.07) is 21.5. The highest BCUT2D eigenvalue weighted by Gasteiger charge is 2.44. The van der Waals surface area contributed by atoms with E-state index >= 15 is 0 Å². The molecule has 11 nitrogen and oxygen atoms in total. The molecule has 0 N–H and O–H groups in total. The standard InChI is InChI=1S/C42H41N3O8/c1-43-14-12-25-19-34(47-2)37-22-29(25)31(43)17-24-8-10-28(11-9-24)52-36-21-27-18-32-39-26(20-38(49-4)40(50-5)41(39)53-37)13-15-44(32)45(30(27)23-35(36)48-3)42(46)33-7-6-16-51-33/h6-11,16,19-23,31-32H,12-15,17-18H2,1-5H3/t31-,32-/m0/s1. The van der Waals surface area contributed by atoms with Crippen LogP contribution in [0.2, 0.25) is 0 Å². The second-order valence-corrected chi connectivity index (χ2v) is 13.9. The highest BCUT2D eigenvalue weighted by Crippen LogP contribution is 2.55. The molecule has 1 amide bonds. The zero-order valence-electron chi connectivity index (χ0n) is 30.4. The molecule has 0 spiro atoms. The molecule has 0 fully saturated rings. The molecule has 7 bridgehead atoms. The third-order valence-corrected chi connectivity index (χ3v) is 11.1. The fraction of sp³-hybridized carbons (Fsp3) is 0.310. The Morgan fingerprint density at radius 1 is 0.736 bits per heavy atom. The lowest BCUT2D eigenvalue weighted by Gasteiger charge is -2.48. The number of hydrazine groups is 1. The van der Waals surface area contributed by atoms with E-state index in [0.717, 1.165) is 36.1 Å². The van der Waals surface area contributed by atoms with Crippen LogP contribution in [0.1, 0.15) is 56.0 Å². The van der Waals surface area contributed by atoms with Gasteiger partial charge < -0.3 is 32.8 Å². The van der Waals surface area contributed by atoms with Crippen LogP contribution < -0.4 is 33.4 Å². The molecule has 53 heavy (non-hydrogen) atoms. The number of hydrogen-bond donors (Lipinski definition) is 0. The Bertz CT molecular complexity index is 2220. The first-order chi connectivity index (χ1) is 25.9. The summed E-state index contributed by atoms with van der Waals surface area (Å²) in [6.07, 6.45) is 4.34. The van der Waals surface area contributed by atoms with Crippen LogP contribution in [-0.2, 0) is 25.7 Å². The molecule has 2 atom stereocenters. The van der Waals surface area contributed by atoms with Gasteiger partial charge >= 0.3 is 5.91 Å². The molecule has 1 aromatic heterocycles. The molecule has 5 aliphatic rings. The maximum atomic E-state index is 14.5. The summed E-state index contributed by atoms with van der Waals surface area (Å²) in [5, 5.41) is 3.81. The minimum absolute atomic E-state index is 0.101. The van der Waals surface area contributed by atoms with Crippen molar-refractivity contribution in [3.8, 4) is 46.0 Å². The number of nitrogens with zero attached hydrogens (tertiary/aromatic N) is 3. The molecular weight excluding hydrogens is 674 g/mol. The Morgan fingerprint density at radius 3 is 2.21 bits per heavy atom. The number of carbonyl (C=O) groups excluding carboxylic acids is 1. The number of carbonyl (C=O) groups is 1. The zero-order chi connectivity index (χ0) is 36.4. The Labute approximate surface area is 308 Å². The van der Waals surface area contributed by atoms with Gasteiger partial charge in [0, 0.05) is 30.8 Å². The van der Waals surface area contributed by atoms with Crippen molar-refractivity contribution in [3.63, 3.8) is 0 Å². The summed E-state index contributed by atoms with van der Waals surface area (Å²) < 4.78 is 43.2. The van der Waals surface area contributed by atoms with Crippen molar-refractivity contribution in [1.82, 2.24) is 9.91 Å². The van der Waals surface area contributed by atoms with Gasteiger partial charge in [-0.15, -0.1) is 0 Å². The van der Waals surface area contributed by atoms with E-state index in [9.17, 15) is 4.79 Å². The third kappa shape index (κ3) is 5.45. The second-order valence-electron chi connectivity index (χ2n) is 13.9. The van der Waals surface area contributed by atoms with Crippen molar-refractivity contribution >= 4 is 11.6 Å². The highest BCUT2D eigenvalue weighted by atomic mass is 16.5. The molecule has 272 valence electrons. The number of benzene rings is 4. The lowest BCUT2D eigenvalue weighted by Crippen LogP contribution is -2.54. The smallest absolute Gasteiger partial charge is 0.308 e. The normalized spacial score (nSPS) is 18.8. The summed E-state index contributed by atoms with van der Waals surface area (Å²) >= 11 is 0. The summed E-state index contributed by atoms with van der Waals surface area (Å²) in [7, 11) is 8.71. The van der Waals surface area contributed by atoms with Gasteiger partial charge in [0.05, 0.1) is 46.4 Å². The fourth-order valence-corrected chi connectivity index (χ4v) is 8.45. The predicted octanol–water partition coefficient (Wildman–Crippen LogP) is 7.70. The van der Waals surface area contributed by atoms with Gasteiger partial charge in [0.1, 0.15) is 5.75 Å². The van der Waals surface area contributed by atoms with Crippen molar-refractivity contribution < 1.29 is 37.6 Å². The van der Waals surface area contributed by atoms with E-state index in [-0.39, 0.29) is 23.8 Å². The molecule has 5 aliphatic heterocycles. The first kappa shape index (κ1) is 33.2. The number of ether oxygens (including phenoxy) is 6. The first-order valence-corrected chi connectivity index (χ1v) is 17.9. The van der Waals surface area contributed by atoms with Crippen molar-refractivity contribution in [2.24, 2.45) is 0 Å². The van der Waals surface area contributed by atoms with E-state index in [2.05, 4.69) is 41.2 Å². The Morgan fingerprint density at radius 2 is 1.47 bits per heavy atom. The van der Waals surface area contributed by atoms with E-state index in [0.29, 0.717) is 71.1 Å². The number of amides is 1. The van der Waals surface area contributed by atoms with Gasteiger partial charge in [-0.05, 0) is 109 Å². The number of hydrogen-bond acceptors (Lipinski definition) is 10. The maximum absolute atomic E-state index is 14.5. The number of methoxy groups -OCH3 is 4. The number of anilines is 1. The number of fused-ring (bicyclic) bond motifs is 2. The van der Waals surface area contributed by atoms with Crippen molar-refractivity contribution in [2.45, 2.75) is 37.8 Å². The number of furan rings is 1. The maximum Gasteiger partial charge on any atom is 0.308 e.